The molecule has 3 fully saturated rings. The number of fused-ring (bicyclic) bond motifs is 3. The van der Waals surface area contributed by atoms with Gasteiger partial charge in [0.15, 0.2) is 0 Å². The Bertz CT molecular complexity index is 780. The lowest BCUT2D eigenvalue weighted by Gasteiger charge is -2.45. The number of hydrogen-bond acceptors (Lipinski definition) is 4. The van der Waals surface area contributed by atoms with Crippen LogP contribution in [0, 0.1) is 23.7 Å². The fraction of sp³-hybridized carbons (Fsp3) is 0.474. The second kappa shape index (κ2) is 6.90. The Balaban J connectivity index is 1.44. The molecule has 136 valence electrons. The molecule has 0 spiro atoms. The number of amides is 1. The van der Waals surface area contributed by atoms with E-state index in [-0.39, 0.29) is 17.7 Å². The predicted octanol–water partition coefficient (Wildman–Crippen LogP) is 2.40. The molecule has 0 radical (unpaired) electrons. The SMILES string of the molecule is O=C(O)[C@H]1C2CCC(CC2)[C@@H]1C(=O)Nc1ccc(Cn2cncn2)cc1. The average Bonchev–Trinajstić information content (AvgIpc) is 3.16. The number of aliphatic carboxylic acids is 1. The summed E-state index contributed by atoms with van der Waals surface area (Å²) in [6.45, 7) is 0.613. The number of anilines is 1. The van der Waals surface area contributed by atoms with Crippen molar-refractivity contribution in [3.63, 3.8) is 0 Å². The largest absolute Gasteiger partial charge is 0.481 e. The molecule has 5 rings (SSSR count). The van der Waals surface area contributed by atoms with Crippen LogP contribution in [-0.2, 0) is 16.1 Å². The number of carboxylic acids is 1. The van der Waals surface area contributed by atoms with Gasteiger partial charge in [-0.15, -0.1) is 0 Å². The van der Waals surface area contributed by atoms with Crippen LogP contribution in [0.5, 0.6) is 0 Å². The summed E-state index contributed by atoms with van der Waals surface area (Å²) in [6, 6.07) is 7.56. The topological polar surface area (TPSA) is 97.1 Å². The van der Waals surface area contributed by atoms with Gasteiger partial charge in [0, 0.05) is 5.69 Å². The number of nitrogens with one attached hydrogen (secondary N) is 1. The van der Waals surface area contributed by atoms with E-state index < -0.39 is 17.8 Å². The molecule has 2 aromatic rings. The molecular formula is C19H22N4O3. The van der Waals surface area contributed by atoms with Crippen LogP contribution in [0.25, 0.3) is 0 Å². The summed E-state index contributed by atoms with van der Waals surface area (Å²) in [4.78, 5) is 28.4. The number of hydrogen-bond donors (Lipinski definition) is 2. The third kappa shape index (κ3) is 3.21. The first-order valence-corrected chi connectivity index (χ1v) is 9.07. The van der Waals surface area contributed by atoms with Gasteiger partial charge in [-0.1, -0.05) is 12.1 Å². The minimum absolute atomic E-state index is 0.137. The minimum Gasteiger partial charge on any atom is -0.481 e. The van der Waals surface area contributed by atoms with Crippen molar-refractivity contribution in [3.8, 4) is 0 Å². The van der Waals surface area contributed by atoms with E-state index >= 15 is 0 Å². The van der Waals surface area contributed by atoms with E-state index in [1.807, 2.05) is 24.3 Å². The number of nitrogens with zero attached hydrogens (tertiary/aromatic N) is 3. The first-order valence-electron chi connectivity index (χ1n) is 9.07. The Hall–Kier alpha value is -2.70. The zero-order valence-corrected chi connectivity index (χ0v) is 14.4. The van der Waals surface area contributed by atoms with Crippen molar-refractivity contribution in [2.75, 3.05) is 5.32 Å². The maximum atomic E-state index is 12.8. The van der Waals surface area contributed by atoms with Gasteiger partial charge in [-0.05, 0) is 55.2 Å². The normalized spacial score (nSPS) is 27.2. The molecule has 2 N–H and O–H groups in total. The van der Waals surface area contributed by atoms with E-state index in [0.29, 0.717) is 12.2 Å². The van der Waals surface area contributed by atoms with Crippen molar-refractivity contribution in [2.24, 2.45) is 23.7 Å². The van der Waals surface area contributed by atoms with Crippen LogP contribution in [0.15, 0.2) is 36.9 Å². The highest BCUT2D eigenvalue weighted by atomic mass is 16.4. The third-order valence-electron chi connectivity index (χ3n) is 5.84. The second-order valence-corrected chi connectivity index (χ2v) is 7.34. The first-order chi connectivity index (χ1) is 12.6. The van der Waals surface area contributed by atoms with Gasteiger partial charge in [0.1, 0.15) is 12.7 Å². The van der Waals surface area contributed by atoms with Crippen LogP contribution in [0.1, 0.15) is 31.2 Å². The Kier molecular flexibility index (Phi) is 4.44. The van der Waals surface area contributed by atoms with Gasteiger partial charge in [-0.3, -0.25) is 9.59 Å². The van der Waals surface area contributed by atoms with Crippen LogP contribution in [0.4, 0.5) is 5.69 Å². The smallest absolute Gasteiger partial charge is 0.307 e. The molecule has 1 aromatic heterocycles. The second-order valence-electron chi connectivity index (χ2n) is 7.34. The molecule has 7 heteroatoms. The predicted molar refractivity (Wildman–Crippen MR) is 94.3 cm³/mol. The maximum Gasteiger partial charge on any atom is 0.307 e. The molecule has 7 nitrogen and oxygen atoms in total. The van der Waals surface area contributed by atoms with Gasteiger partial charge in [0.25, 0.3) is 0 Å². The Morgan fingerprint density at radius 3 is 2.31 bits per heavy atom. The zero-order chi connectivity index (χ0) is 18.1. The van der Waals surface area contributed by atoms with Gasteiger partial charge < -0.3 is 10.4 Å². The van der Waals surface area contributed by atoms with Gasteiger partial charge >= 0.3 is 5.97 Å². The summed E-state index contributed by atoms with van der Waals surface area (Å²) in [5.41, 5.74) is 1.75. The number of aromatic nitrogens is 3. The Morgan fingerprint density at radius 1 is 1.08 bits per heavy atom. The fourth-order valence-corrected chi connectivity index (χ4v) is 4.60. The molecule has 3 aliphatic carbocycles. The van der Waals surface area contributed by atoms with Gasteiger partial charge in [-0.25, -0.2) is 9.67 Å². The molecule has 1 aromatic carbocycles. The molecule has 3 saturated carbocycles. The summed E-state index contributed by atoms with van der Waals surface area (Å²) in [6.07, 6.45) is 6.93. The van der Waals surface area contributed by atoms with E-state index in [1.54, 1.807) is 11.0 Å². The van der Waals surface area contributed by atoms with Crippen LogP contribution in [0.3, 0.4) is 0 Å². The van der Waals surface area contributed by atoms with Crippen molar-refractivity contribution in [2.45, 2.75) is 32.2 Å². The lowest BCUT2D eigenvalue weighted by atomic mass is 9.58. The summed E-state index contributed by atoms with van der Waals surface area (Å²) in [5.74, 6) is -1.63. The zero-order valence-electron chi connectivity index (χ0n) is 14.4. The molecule has 0 aliphatic heterocycles. The van der Waals surface area contributed by atoms with Crippen LogP contribution >= 0.6 is 0 Å². The summed E-state index contributed by atoms with van der Waals surface area (Å²) >= 11 is 0. The van der Waals surface area contributed by atoms with E-state index in [4.69, 9.17) is 0 Å². The molecule has 1 heterocycles. The van der Waals surface area contributed by atoms with E-state index in [9.17, 15) is 14.7 Å². The first kappa shape index (κ1) is 16.8. The van der Waals surface area contributed by atoms with Crippen LogP contribution in [-0.4, -0.2) is 31.7 Å². The van der Waals surface area contributed by atoms with Crippen molar-refractivity contribution >= 4 is 17.6 Å². The van der Waals surface area contributed by atoms with E-state index in [1.165, 1.54) is 6.33 Å². The van der Waals surface area contributed by atoms with Crippen molar-refractivity contribution < 1.29 is 14.7 Å². The van der Waals surface area contributed by atoms with E-state index in [2.05, 4.69) is 15.4 Å². The minimum atomic E-state index is -0.831. The standard InChI is InChI=1S/C19H22N4O3/c24-18(16-13-3-5-14(6-4-13)17(16)19(25)26)22-15-7-1-12(2-8-15)9-23-11-20-10-21-23/h1-2,7-8,10-11,13-14,16-17H,3-6,9H2,(H,22,24)(H,25,26)/t13?,14?,16-,17-/m0/s1. The number of carbonyl (C=O) groups is 2. The number of benzene rings is 1. The Labute approximate surface area is 151 Å². The molecule has 2 bridgehead atoms. The average molecular weight is 354 g/mol. The molecule has 1 amide bonds. The molecule has 2 atom stereocenters. The monoisotopic (exact) mass is 354 g/mol. The van der Waals surface area contributed by atoms with Gasteiger partial charge in [0.2, 0.25) is 5.91 Å². The summed E-state index contributed by atoms with van der Waals surface area (Å²) in [5, 5.41) is 16.6. The summed E-state index contributed by atoms with van der Waals surface area (Å²) in [7, 11) is 0. The number of carbonyl (C=O) groups excluding carboxylic acids is 1. The third-order valence-corrected chi connectivity index (χ3v) is 5.84. The lowest BCUT2D eigenvalue weighted by Crippen LogP contribution is -2.49. The molecular weight excluding hydrogens is 332 g/mol. The molecule has 0 saturated heterocycles. The molecule has 3 aliphatic rings. The lowest BCUT2D eigenvalue weighted by molar-refractivity contribution is -0.156. The highest BCUT2D eigenvalue weighted by molar-refractivity contribution is 5.95. The van der Waals surface area contributed by atoms with Crippen molar-refractivity contribution in [3.05, 3.63) is 42.5 Å². The van der Waals surface area contributed by atoms with E-state index in [0.717, 1.165) is 31.2 Å². The van der Waals surface area contributed by atoms with Crippen LogP contribution < -0.4 is 5.32 Å². The number of rotatable bonds is 5. The highest BCUT2D eigenvalue weighted by Crippen LogP contribution is 2.49. The molecule has 0 unspecified atom stereocenters. The van der Waals surface area contributed by atoms with Crippen molar-refractivity contribution in [1.29, 1.82) is 0 Å². The maximum absolute atomic E-state index is 12.8. The fourth-order valence-electron chi connectivity index (χ4n) is 4.60. The Morgan fingerprint density at radius 2 is 1.73 bits per heavy atom. The van der Waals surface area contributed by atoms with Gasteiger partial charge in [0.05, 0.1) is 18.4 Å². The van der Waals surface area contributed by atoms with Crippen LogP contribution in [0.2, 0.25) is 0 Å². The van der Waals surface area contributed by atoms with Crippen molar-refractivity contribution in [1.82, 2.24) is 14.8 Å². The number of carboxylic acid groups (broad SMARTS) is 1. The highest BCUT2D eigenvalue weighted by Gasteiger charge is 2.50. The summed E-state index contributed by atoms with van der Waals surface area (Å²) < 4.78 is 1.73. The quantitative estimate of drug-likeness (QED) is 0.859. The molecule has 26 heavy (non-hydrogen) atoms. The van der Waals surface area contributed by atoms with Gasteiger partial charge in [-0.2, -0.15) is 5.10 Å².